The van der Waals surface area contributed by atoms with Gasteiger partial charge < -0.3 is 18.9 Å². The van der Waals surface area contributed by atoms with Crippen LogP contribution in [0.1, 0.15) is 99.8 Å². The molecule has 2 aliphatic rings. The number of benzene rings is 2. The minimum atomic E-state index is -1.64. The molecule has 0 heterocycles. The van der Waals surface area contributed by atoms with Gasteiger partial charge in [0, 0.05) is 0 Å². The predicted octanol–water partition coefficient (Wildman–Crippen LogP) is 10.9. The van der Waals surface area contributed by atoms with Gasteiger partial charge in [-0.2, -0.15) is 0 Å². The van der Waals surface area contributed by atoms with E-state index in [9.17, 15) is 19.2 Å². The number of hydrogen-bond acceptors (Lipinski definition) is 8. The van der Waals surface area contributed by atoms with E-state index in [1.807, 2.05) is 0 Å². The van der Waals surface area contributed by atoms with Gasteiger partial charge in [-0.3, -0.25) is 0 Å². The third-order valence-corrected chi connectivity index (χ3v) is 11.7. The van der Waals surface area contributed by atoms with Crippen LogP contribution in [-0.2, 0) is 19.1 Å². The van der Waals surface area contributed by atoms with E-state index in [0.29, 0.717) is 24.7 Å². The summed E-state index contributed by atoms with van der Waals surface area (Å²) in [6.45, 7) is 8.82. The highest BCUT2D eigenvalue weighted by atomic mass is 35.5. The largest absolute Gasteiger partial charge is 0.462 e. The molecule has 262 valence electrons. The quantitative estimate of drug-likeness (QED) is 0.101. The molecule has 2 atom stereocenters. The van der Waals surface area contributed by atoms with Crippen LogP contribution in [0.4, 0.5) is 0 Å². The van der Waals surface area contributed by atoms with Gasteiger partial charge in [-0.05, 0) is 73.3 Å². The standard InChI is InChI=1S/C34H36Cl6O8/c1-33(2)11-5-7-17(33)9-13-45-29(41)23-25(39)19(35)15-21(37)27(23)47-31(43)32(44)48-28-22(38)16-20(36)26(40)24(28)30(42)46-14-10-18-8-6-12-34(18,3)4/h15-18H,5-14H2,1-4H3. The zero-order valence-electron chi connectivity index (χ0n) is 26.9. The Balaban J connectivity index is 1.50. The van der Waals surface area contributed by atoms with E-state index in [1.54, 1.807) is 0 Å². The van der Waals surface area contributed by atoms with Gasteiger partial charge in [0.05, 0.1) is 43.3 Å². The van der Waals surface area contributed by atoms with Crippen molar-refractivity contribution >= 4 is 93.5 Å². The molecule has 2 aliphatic carbocycles. The molecule has 48 heavy (non-hydrogen) atoms. The summed E-state index contributed by atoms with van der Waals surface area (Å²) in [5.74, 6) is -5.65. The van der Waals surface area contributed by atoms with Crippen LogP contribution in [0.2, 0.25) is 30.1 Å². The fourth-order valence-electron chi connectivity index (χ4n) is 6.59. The summed E-state index contributed by atoms with van der Waals surface area (Å²) >= 11 is 37.5. The Bertz CT molecular complexity index is 1490. The highest BCUT2D eigenvalue weighted by Crippen LogP contribution is 2.46. The summed E-state index contributed by atoms with van der Waals surface area (Å²) in [5, 5.41) is -1.46. The van der Waals surface area contributed by atoms with Crippen LogP contribution in [0.5, 0.6) is 11.5 Å². The molecule has 2 aromatic rings. The number of carbonyl (C=O) groups is 4. The van der Waals surface area contributed by atoms with E-state index < -0.39 is 46.5 Å². The highest BCUT2D eigenvalue weighted by molar-refractivity contribution is 6.47. The monoisotopic (exact) mass is 782 g/mol. The third-order valence-electron chi connectivity index (χ3n) is 9.57. The predicted molar refractivity (Wildman–Crippen MR) is 186 cm³/mol. The molecule has 0 bridgehead atoms. The maximum absolute atomic E-state index is 13.2. The van der Waals surface area contributed by atoms with E-state index in [2.05, 4.69) is 27.7 Å². The lowest BCUT2D eigenvalue weighted by atomic mass is 9.80. The molecule has 2 unspecified atom stereocenters. The molecule has 0 spiro atoms. The molecular weight excluding hydrogens is 749 g/mol. The Morgan fingerprint density at radius 1 is 0.625 bits per heavy atom. The van der Waals surface area contributed by atoms with Gasteiger partial charge in [-0.25, -0.2) is 19.2 Å². The van der Waals surface area contributed by atoms with Crippen molar-refractivity contribution in [2.75, 3.05) is 13.2 Å². The van der Waals surface area contributed by atoms with Crippen LogP contribution in [-0.4, -0.2) is 37.1 Å². The van der Waals surface area contributed by atoms with E-state index in [1.165, 1.54) is 0 Å². The first-order valence-corrected chi connectivity index (χ1v) is 17.8. The Morgan fingerprint density at radius 2 is 0.979 bits per heavy atom. The average Bonchev–Trinajstić information content (AvgIpc) is 3.52. The second-order valence-electron chi connectivity index (χ2n) is 13.5. The SMILES string of the molecule is CC1(C)CCCC1CCOC(=O)c1c(Cl)c(Cl)cc(Cl)c1OC(=O)C(=O)Oc1c(Cl)cc(Cl)c(Cl)c1C(=O)OCCC1CCCC1(C)C. The lowest BCUT2D eigenvalue weighted by molar-refractivity contribution is -0.156. The lowest BCUT2D eigenvalue weighted by Gasteiger charge is -2.26. The van der Waals surface area contributed by atoms with Crippen molar-refractivity contribution in [1.82, 2.24) is 0 Å². The Hall–Kier alpha value is -1.94. The van der Waals surface area contributed by atoms with Gasteiger partial charge >= 0.3 is 23.9 Å². The number of ether oxygens (including phenoxy) is 4. The van der Waals surface area contributed by atoms with Gasteiger partial charge in [0.15, 0.2) is 11.5 Å². The van der Waals surface area contributed by atoms with Crippen LogP contribution in [0.15, 0.2) is 12.1 Å². The summed E-state index contributed by atoms with van der Waals surface area (Å²) in [6.07, 6.45) is 7.58. The molecule has 2 aromatic carbocycles. The molecule has 0 amide bonds. The minimum Gasteiger partial charge on any atom is -0.462 e. The first-order valence-electron chi connectivity index (χ1n) is 15.6. The number of rotatable bonds is 10. The Morgan fingerprint density at radius 3 is 1.29 bits per heavy atom. The molecule has 4 rings (SSSR count). The van der Waals surface area contributed by atoms with Crippen molar-refractivity contribution < 1.29 is 38.1 Å². The van der Waals surface area contributed by atoms with Gasteiger partial charge in [0.25, 0.3) is 0 Å². The lowest BCUT2D eigenvalue weighted by Crippen LogP contribution is -2.27. The van der Waals surface area contributed by atoms with E-state index >= 15 is 0 Å². The summed E-state index contributed by atoms with van der Waals surface area (Å²) in [5.41, 5.74) is -0.679. The normalized spacial score (nSPS) is 19.5. The number of esters is 4. The average molecular weight is 785 g/mol. The first kappa shape index (κ1) is 38.9. The van der Waals surface area contributed by atoms with E-state index in [-0.39, 0.29) is 54.2 Å². The van der Waals surface area contributed by atoms with Crippen LogP contribution in [0.25, 0.3) is 0 Å². The van der Waals surface area contributed by atoms with Gasteiger partial charge in [0.2, 0.25) is 0 Å². The van der Waals surface area contributed by atoms with Crippen molar-refractivity contribution in [1.29, 1.82) is 0 Å². The Kier molecular flexibility index (Phi) is 12.9. The molecule has 0 saturated heterocycles. The summed E-state index contributed by atoms with van der Waals surface area (Å²) in [7, 11) is 0. The summed E-state index contributed by atoms with van der Waals surface area (Å²) in [4.78, 5) is 52.4. The third kappa shape index (κ3) is 8.85. The van der Waals surface area contributed by atoms with Crippen molar-refractivity contribution in [2.24, 2.45) is 22.7 Å². The molecule has 0 N–H and O–H groups in total. The van der Waals surface area contributed by atoms with Crippen molar-refractivity contribution in [2.45, 2.75) is 79.1 Å². The van der Waals surface area contributed by atoms with Crippen LogP contribution in [0, 0.1) is 22.7 Å². The molecule has 0 aromatic heterocycles. The molecule has 0 aliphatic heterocycles. The fraction of sp³-hybridized carbons (Fsp3) is 0.529. The molecule has 2 saturated carbocycles. The zero-order chi connectivity index (χ0) is 35.6. The Labute approximate surface area is 309 Å². The van der Waals surface area contributed by atoms with E-state index in [0.717, 1.165) is 50.7 Å². The summed E-state index contributed by atoms with van der Waals surface area (Å²) in [6, 6.07) is 2.27. The molecule has 2 fully saturated rings. The maximum Gasteiger partial charge on any atom is 0.423 e. The second kappa shape index (κ2) is 15.9. The molecular formula is C34H36Cl6O8. The van der Waals surface area contributed by atoms with Crippen LogP contribution < -0.4 is 9.47 Å². The molecule has 0 radical (unpaired) electrons. The van der Waals surface area contributed by atoms with E-state index in [4.69, 9.17) is 88.6 Å². The van der Waals surface area contributed by atoms with Crippen LogP contribution >= 0.6 is 69.6 Å². The first-order chi connectivity index (χ1) is 22.4. The van der Waals surface area contributed by atoms with Crippen molar-refractivity contribution in [3.63, 3.8) is 0 Å². The highest BCUT2D eigenvalue weighted by Gasteiger charge is 2.36. The van der Waals surface area contributed by atoms with Gasteiger partial charge in [-0.1, -0.05) is 110 Å². The topological polar surface area (TPSA) is 105 Å². The number of hydrogen-bond donors (Lipinski definition) is 0. The van der Waals surface area contributed by atoms with Crippen molar-refractivity contribution in [3.05, 3.63) is 53.4 Å². The van der Waals surface area contributed by atoms with Crippen LogP contribution in [0.3, 0.4) is 0 Å². The summed E-state index contributed by atoms with van der Waals surface area (Å²) < 4.78 is 21.3. The van der Waals surface area contributed by atoms with Crippen molar-refractivity contribution in [3.8, 4) is 11.5 Å². The van der Waals surface area contributed by atoms with Gasteiger partial charge in [-0.15, -0.1) is 0 Å². The van der Waals surface area contributed by atoms with Gasteiger partial charge in [0.1, 0.15) is 11.1 Å². The zero-order valence-corrected chi connectivity index (χ0v) is 31.4. The number of halogens is 6. The molecule has 8 nitrogen and oxygen atoms in total. The maximum atomic E-state index is 13.2. The molecule has 14 heteroatoms. The fourth-order valence-corrected chi connectivity index (χ4v) is 8.03. The smallest absolute Gasteiger partial charge is 0.423 e. The second-order valence-corrected chi connectivity index (χ2v) is 15.9. The minimum absolute atomic E-state index is 0.0654. The number of carbonyl (C=O) groups excluding carboxylic acids is 4.